The predicted molar refractivity (Wildman–Crippen MR) is 151 cm³/mol. The van der Waals surface area contributed by atoms with Gasteiger partial charge in [-0.25, -0.2) is 0 Å². The third-order valence-electron chi connectivity index (χ3n) is 9.01. The van der Waals surface area contributed by atoms with E-state index in [4.69, 9.17) is 18.9 Å². The van der Waals surface area contributed by atoms with Crippen LogP contribution in [0.25, 0.3) is 0 Å². The molecule has 39 heavy (non-hydrogen) atoms. The molecule has 4 atom stereocenters. The van der Waals surface area contributed by atoms with Crippen LogP contribution in [0.4, 0.5) is 11.4 Å². The number of nitrogens with zero attached hydrogens (tertiary/aromatic N) is 3. The monoisotopic (exact) mass is 535 g/mol. The number of ether oxygens (including phenoxy) is 4. The Bertz CT molecular complexity index is 1180. The van der Waals surface area contributed by atoms with Crippen molar-refractivity contribution >= 4 is 17.3 Å². The molecule has 0 N–H and O–H groups in total. The predicted octanol–water partition coefficient (Wildman–Crippen LogP) is 4.00. The summed E-state index contributed by atoms with van der Waals surface area (Å²) in [7, 11) is 3.50. The van der Waals surface area contributed by atoms with Crippen molar-refractivity contribution in [3.63, 3.8) is 0 Å². The Morgan fingerprint density at radius 2 is 1.97 bits per heavy atom. The van der Waals surface area contributed by atoms with Crippen LogP contribution in [-0.4, -0.2) is 89.2 Å². The van der Waals surface area contributed by atoms with Gasteiger partial charge in [0.25, 0.3) is 5.91 Å². The van der Waals surface area contributed by atoms with Crippen molar-refractivity contribution in [2.24, 2.45) is 5.92 Å². The highest BCUT2D eigenvalue weighted by Gasteiger charge is 2.43. The number of carbonyl (C=O) groups is 1. The van der Waals surface area contributed by atoms with Crippen LogP contribution < -0.4 is 19.3 Å². The zero-order valence-electron chi connectivity index (χ0n) is 23.4. The molecule has 4 heterocycles. The van der Waals surface area contributed by atoms with Crippen molar-refractivity contribution in [2.45, 2.75) is 50.8 Å². The summed E-state index contributed by atoms with van der Waals surface area (Å²) in [5.74, 6) is 2.32. The topological polar surface area (TPSA) is 63.7 Å². The summed E-state index contributed by atoms with van der Waals surface area (Å²) >= 11 is 0. The van der Waals surface area contributed by atoms with E-state index in [2.05, 4.69) is 28.9 Å². The zero-order chi connectivity index (χ0) is 26.9. The fraction of sp³-hybridized carbons (Fsp3) is 0.581. The Kier molecular flexibility index (Phi) is 7.69. The van der Waals surface area contributed by atoms with Crippen molar-refractivity contribution in [1.29, 1.82) is 0 Å². The summed E-state index contributed by atoms with van der Waals surface area (Å²) in [5, 5.41) is 0. The largest absolute Gasteiger partial charge is 0.495 e. The number of fused-ring (bicyclic) bond motifs is 2. The van der Waals surface area contributed by atoms with Gasteiger partial charge in [0.15, 0.2) is 0 Å². The smallest absolute Gasteiger partial charge is 0.258 e. The maximum absolute atomic E-state index is 13.5. The van der Waals surface area contributed by atoms with E-state index in [1.54, 1.807) is 14.2 Å². The molecule has 0 bridgehead atoms. The molecule has 210 valence electrons. The molecule has 3 unspecified atom stereocenters. The molecule has 0 aliphatic carbocycles. The molecular weight excluding hydrogens is 494 g/mol. The third kappa shape index (κ3) is 5.22. The molecule has 8 nitrogen and oxygen atoms in total. The molecule has 8 heteroatoms. The molecule has 2 aromatic carbocycles. The van der Waals surface area contributed by atoms with Gasteiger partial charge in [-0.3, -0.25) is 9.69 Å². The number of rotatable bonds is 9. The van der Waals surface area contributed by atoms with Crippen LogP contribution in [0.1, 0.15) is 42.1 Å². The average Bonchev–Trinajstić information content (AvgIpc) is 3.70. The number of benzene rings is 2. The maximum Gasteiger partial charge on any atom is 0.258 e. The van der Waals surface area contributed by atoms with Crippen molar-refractivity contribution in [3.05, 3.63) is 47.5 Å². The lowest BCUT2D eigenvalue weighted by Crippen LogP contribution is -2.40. The average molecular weight is 536 g/mol. The Morgan fingerprint density at radius 3 is 2.77 bits per heavy atom. The van der Waals surface area contributed by atoms with E-state index in [0.29, 0.717) is 31.2 Å². The van der Waals surface area contributed by atoms with Crippen LogP contribution in [0.3, 0.4) is 0 Å². The number of methoxy groups -OCH3 is 2. The van der Waals surface area contributed by atoms with Gasteiger partial charge in [-0.05, 0) is 74.4 Å². The lowest BCUT2D eigenvalue weighted by molar-refractivity contribution is 0.0679. The van der Waals surface area contributed by atoms with Gasteiger partial charge in [0.1, 0.15) is 18.1 Å². The van der Waals surface area contributed by atoms with Gasteiger partial charge in [-0.15, -0.1) is 0 Å². The standard InChI is InChI=1S/C31H41N3O5/c1-21(19-36-2)32-17-23-11-13-34(29(23)18-32)28-9-6-24(16-30(28)37-3)33-12-10-22-15-25(7-8-27(22)31(33)35)39-20-26-5-4-14-38-26/h6-9,15-16,21,23,26,29H,4-5,10-14,17-20H2,1-3H3/t21?,23?,26-,29?/m1/s1. The molecule has 3 saturated heterocycles. The molecule has 2 aromatic rings. The molecule has 1 amide bonds. The highest BCUT2D eigenvalue weighted by Crippen LogP contribution is 2.41. The number of likely N-dealkylation sites (tertiary alicyclic amines) is 1. The van der Waals surface area contributed by atoms with E-state index >= 15 is 0 Å². The Balaban J connectivity index is 1.15. The van der Waals surface area contributed by atoms with Gasteiger partial charge in [-0.1, -0.05) is 0 Å². The highest BCUT2D eigenvalue weighted by molar-refractivity contribution is 6.08. The summed E-state index contributed by atoms with van der Waals surface area (Å²) in [6.45, 7) is 8.21. The summed E-state index contributed by atoms with van der Waals surface area (Å²) in [6.07, 6.45) is 4.29. The van der Waals surface area contributed by atoms with E-state index < -0.39 is 0 Å². The van der Waals surface area contributed by atoms with Crippen molar-refractivity contribution in [2.75, 3.05) is 70.0 Å². The first-order valence-corrected chi connectivity index (χ1v) is 14.4. The Morgan fingerprint density at radius 1 is 1.08 bits per heavy atom. The summed E-state index contributed by atoms with van der Waals surface area (Å²) in [6, 6.07) is 13.0. The fourth-order valence-electron chi connectivity index (χ4n) is 6.84. The molecule has 4 aliphatic rings. The van der Waals surface area contributed by atoms with Crippen LogP contribution in [0.2, 0.25) is 0 Å². The number of hydrogen-bond acceptors (Lipinski definition) is 7. The summed E-state index contributed by atoms with van der Waals surface area (Å²) < 4.78 is 22.9. The van der Waals surface area contributed by atoms with Gasteiger partial charge in [0, 0.05) is 69.3 Å². The van der Waals surface area contributed by atoms with E-state index in [9.17, 15) is 4.79 Å². The van der Waals surface area contributed by atoms with Crippen LogP contribution in [0.15, 0.2) is 36.4 Å². The summed E-state index contributed by atoms with van der Waals surface area (Å²) in [4.78, 5) is 20.5. The normalized spacial score (nSPS) is 25.6. The lowest BCUT2D eigenvalue weighted by atomic mass is 9.98. The first kappa shape index (κ1) is 26.4. The summed E-state index contributed by atoms with van der Waals surface area (Å²) in [5.41, 5.74) is 3.78. The quantitative estimate of drug-likeness (QED) is 0.481. The minimum Gasteiger partial charge on any atom is -0.495 e. The highest BCUT2D eigenvalue weighted by atomic mass is 16.5. The number of hydrogen-bond donors (Lipinski definition) is 0. The van der Waals surface area contributed by atoms with Crippen LogP contribution in [-0.2, 0) is 15.9 Å². The molecule has 0 saturated carbocycles. The number of anilines is 2. The Labute approximate surface area is 231 Å². The maximum atomic E-state index is 13.5. The van der Waals surface area contributed by atoms with Crippen molar-refractivity contribution < 1.29 is 23.7 Å². The molecule has 6 rings (SSSR count). The minimum atomic E-state index is 0.0246. The lowest BCUT2D eigenvalue weighted by Gasteiger charge is -2.32. The first-order valence-electron chi connectivity index (χ1n) is 14.4. The van der Waals surface area contributed by atoms with E-state index in [-0.39, 0.29) is 12.0 Å². The molecule has 0 radical (unpaired) electrons. The second-order valence-electron chi connectivity index (χ2n) is 11.4. The van der Waals surface area contributed by atoms with Crippen molar-refractivity contribution in [3.8, 4) is 11.5 Å². The van der Waals surface area contributed by atoms with E-state index in [1.807, 2.05) is 29.2 Å². The van der Waals surface area contributed by atoms with Gasteiger partial charge < -0.3 is 28.7 Å². The molecule has 0 aromatic heterocycles. The van der Waals surface area contributed by atoms with E-state index in [0.717, 1.165) is 86.1 Å². The molecule has 4 aliphatic heterocycles. The van der Waals surface area contributed by atoms with Crippen LogP contribution in [0, 0.1) is 5.92 Å². The fourth-order valence-corrected chi connectivity index (χ4v) is 6.84. The Hall–Kier alpha value is -2.81. The number of amides is 1. The second kappa shape index (κ2) is 11.4. The minimum absolute atomic E-state index is 0.0246. The zero-order valence-corrected chi connectivity index (χ0v) is 23.4. The number of carbonyl (C=O) groups excluding carboxylic acids is 1. The van der Waals surface area contributed by atoms with Gasteiger partial charge in [0.05, 0.1) is 25.5 Å². The van der Waals surface area contributed by atoms with Gasteiger partial charge in [-0.2, -0.15) is 0 Å². The third-order valence-corrected chi connectivity index (χ3v) is 9.01. The van der Waals surface area contributed by atoms with Crippen molar-refractivity contribution in [1.82, 2.24) is 4.90 Å². The van der Waals surface area contributed by atoms with E-state index in [1.165, 1.54) is 6.42 Å². The molecule has 0 spiro atoms. The first-order chi connectivity index (χ1) is 19.1. The van der Waals surface area contributed by atoms with Crippen LogP contribution >= 0.6 is 0 Å². The van der Waals surface area contributed by atoms with Gasteiger partial charge >= 0.3 is 0 Å². The molecular formula is C31H41N3O5. The van der Waals surface area contributed by atoms with Crippen LogP contribution in [0.5, 0.6) is 11.5 Å². The SMILES string of the molecule is COCC(C)N1CC2CCN(c3ccc(N4CCc5cc(OC[C@H]6CCCO6)ccc5C4=O)cc3OC)C2C1. The second-order valence-corrected chi connectivity index (χ2v) is 11.4. The van der Waals surface area contributed by atoms with Gasteiger partial charge in [0.2, 0.25) is 0 Å². The molecule has 3 fully saturated rings.